The van der Waals surface area contributed by atoms with Gasteiger partial charge in [0.25, 0.3) is 12.4 Å². The van der Waals surface area contributed by atoms with Gasteiger partial charge in [-0.25, -0.2) is 23.0 Å². The highest BCUT2D eigenvalue weighted by atomic mass is 19.4. The van der Waals surface area contributed by atoms with Gasteiger partial charge < -0.3 is 10.5 Å². The van der Waals surface area contributed by atoms with Crippen molar-refractivity contribution in [1.29, 1.82) is 0 Å². The van der Waals surface area contributed by atoms with Crippen molar-refractivity contribution in [2.75, 3.05) is 0 Å². The molecule has 1 aliphatic heterocycles. The molecule has 1 aromatic heterocycles. The van der Waals surface area contributed by atoms with Gasteiger partial charge in [-0.05, 0) is 23.8 Å². The first-order valence-corrected chi connectivity index (χ1v) is 8.98. The summed E-state index contributed by atoms with van der Waals surface area (Å²) in [6.45, 7) is 6.87. The van der Waals surface area contributed by atoms with Gasteiger partial charge in [-0.2, -0.15) is 13.2 Å². The number of amidine groups is 1. The summed E-state index contributed by atoms with van der Waals surface area (Å²) < 4.78 is 86.6. The average molecular weight is 456 g/mol. The molecule has 0 unspecified atom stereocenters. The summed E-state index contributed by atoms with van der Waals surface area (Å²) in [5.74, 6) is -1.81. The number of ketones is 1. The van der Waals surface area contributed by atoms with E-state index in [1.54, 1.807) is 0 Å². The van der Waals surface area contributed by atoms with Crippen LogP contribution in [-0.2, 0) is 16.7 Å². The molecule has 1 aliphatic rings. The average Bonchev–Trinajstić information content (AvgIpc) is 2.73. The number of rotatable bonds is 5. The van der Waals surface area contributed by atoms with E-state index < -0.39 is 60.3 Å². The molecular formula is C20H14F6N4O2. The molecule has 2 heterocycles. The number of aromatic nitrogens is 1. The van der Waals surface area contributed by atoms with Crippen LogP contribution in [-0.4, -0.2) is 35.5 Å². The van der Waals surface area contributed by atoms with Gasteiger partial charge in [0.05, 0.1) is 6.57 Å². The lowest BCUT2D eigenvalue weighted by atomic mass is 9.82. The zero-order valence-electron chi connectivity index (χ0n) is 16.0. The third kappa shape index (κ3) is 4.51. The minimum absolute atomic E-state index is 0.0303. The number of ether oxygens (including phenoxy) is 1. The number of hydrogen-bond donors (Lipinski definition) is 1. The van der Waals surface area contributed by atoms with Crippen LogP contribution in [0.5, 0.6) is 0 Å². The third-order valence-electron chi connectivity index (χ3n) is 4.82. The van der Waals surface area contributed by atoms with Gasteiger partial charge in [-0.1, -0.05) is 12.1 Å². The SMILES string of the molecule is [C-]#[N+]c1ccc(C(=O)Cc2ccc(F)c([C@]3(C(F)F)C[C@@H](C(F)(F)F)OC(N)=N3)c2)nc1. The molecule has 2 aromatic rings. The Labute approximate surface area is 177 Å². The first kappa shape index (κ1) is 23.1. The summed E-state index contributed by atoms with van der Waals surface area (Å²) >= 11 is 0. The third-order valence-corrected chi connectivity index (χ3v) is 4.82. The predicted molar refractivity (Wildman–Crippen MR) is 99.8 cm³/mol. The number of hydrogen-bond acceptors (Lipinski definition) is 5. The monoisotopic (exact) mass is 456 g/mol. The molecule has 0 spiro atoms. The molecule has 168 valence electrons. The first-order chi connectivity index (χ1) is 15.0. The second-order valence-corrected chi connectivity index (χ2v) is 6.95. The van der Waals surface area contributed by atoms with Gasteiger partial charge in [-0.15, -0.1) is 0 Å². The molecular weight excluding hydrogens is 442 g/mol. The fraction of sp³-hybridized carbons (Fsp3) is 0.300. The van der Waals surface area contributed by atoms with E-state index in [4.69, 9.17) is 12.3 Å². The first-order valence-electron chi connectivity index (χ1n) is 8.98. The fourth-order valence-electron chi connectivity index (χ4n) is 3.25. The number of aliphatic imine (C=N–C) groups is 1. The maximum Gasteiger partial charge on any atom is 0.425 e. The van der Waals surface area contributed by atoms with Crippen LogP contribution in [0.15, 0.2) is 41.5 Å². The highest BCUT2D eigenvalue weighted by Gasteiger charge is 2.56. The van der Waals surface area contributed by atoms with Gasteiger partial charge >= 0.3 is 6.18 Å². The molecule has 1 aromatic carbocycles. The smallest absolute Gasteiger partial charge is 0.425 e. The minimum atomic E-state index is -5.05. The van der Waals surface area contributed by atoms with E-state index in [0.717, 1.165) is 18.2 Å². The van der Waals surface area contributed by atoms with Crippen molar-refractivity contribution < 1.29 is 35.9 Å². The predicted octanol–water partition coefficient (Wildman–Crippen LogP) is 4.32. The van der Waals surface area contributed by atoms with Crippen LogP contribution >= 0.6 is 0 Å². The molecule has 6 nitrogen and oxygen atoms in total. The second kappa shape index (κ2) is 8.49. The van der Waals surface area contributed by atoms with Gasteiger partial charge in [0.2, 0.25) is 5.69 Å². The number of carbonyl (C=O) groups is 1. The highest BCUT2D eigenvalue weighted by Crippen LogP contribution is 2.45. The van der Waals surface area contributed by atoms with E-state index in [-0.39, 0.29) is 16.9 Å². The number of benzene rings is 1. The van der Waals surface area contributed by atoms with Crippen molar-refractivity contribution in [1.82, 2.24) is 4.98 Å². The normalized spacial score (nSPS) is 20.9. The lowest BCUT2D eigenvalue weighted by Crippen LogP contribution is -2.50. The molecule has 2 atom stereocenters. The molecule has 0 fully saturated rings. The van der Waals surface area contributed by atoms with Gasteiger partial charge in [0.15, 0.2) is 17.4 Å². The zero-order valence-corrected chi connectivity index (χ0v) is 16.0. The topological polar surface area (TPSA) is 81.9 Å². The maximum absolute atomic E-state index is 14.6. The van der Waals surface area contributed by atoms with Crippen LogP contribution in [0.3, 0.4) is 0 Å². The van der Waals surface area contributed by atoms with Crippen molar-refractivity contribution in [3.05, 3.63) is 70.6 Å². The Morgan fingerprint density at radius 3 is 2.59 bits per heavy atom. The highest BCUT2D eigenvalue weighted by molar-refractivity contribution is 5.96. The molecule has 0 aliphatic carbocycles. The van der Waals surface area contributed by atoms with Crippen LogP contribution in [0.25, 0.3) is 4.85 Å². The van der Waals surface area contributed by atoms with Gasteiger partial charge in [0.1, 0.15) is 11.5 Å². The number of nitrogens with two attached hydrogens (primary N) is 1. The minimum Gasteiger partial charge on any atom is -0.452 e. The number of halogens is 6. The Hall–Kier alpha value is -3.62. The van der Waals surface area contributed by atoms with Gasteiger partial charge in [0, 0.05) is 24.6 Å². The van der Waals surface area contributed by atoms with E-state index in [0.29, 0.717) is 0 Å². The number of carbonyl (C=O) groups excluding carboxylic acids is 1. The van der Waals surface area contributed by atoms with Crippen molar-refractivity contribution in [3.63, 3.8) is 0 Å². The molecule has 32 heavy (non-hydrogen) atoms. The summed E-state index contributed by atoms with van der Waals surface area (Å²) in [6.07, 6.45) is -12.0. The van der Waals surface area contributed by atoms with Crippen LogP contribution < -0.4 is 5.73 Å². The molecule has 0 bridgehead atoms. The fourth-order valence-corrected chi connectivity index (χ4v) is 3.25. The quantitative estimate of drug-likeness (QED) is 0.413. The molecule has 0 amide bonds. The Balaban J connectivity index is 1.99. The Morgan fingerprint density at radius 2 is 2.03 bits per heavy atom. The van der Waals surface area contributed by atoms with Crippen LogP contribution in [0.4, 0.5) is 32.0 Å². The zero-order chi connectivity index (χ0) is 23.7. The summed E-state index contributed by atoms with van der Waals surface area (Å²) in [5, 5.41) is 0. The second-order valence-electron chi connectivity index (χ2n) is 6.95. The Kier molecular flexibility index (Phi) is 6.11. The summed E-state index contributed by atoms with van der Waals surface area (Å²) in [6, 6.07) is 4.26. The molecule has 0 radical (unpaired) electrons. The van der Waals surface area contributed by atoms with Crippen molar-refractivity contribution in [2.45, 2.75) is 37.1 Å². The number of Topliss-reactive ketones (excluding diaryl/α,β-unsaturated/α-hetero) is 1. The van der Waals surface area contributed by atoms with Gasteiger partial charge in [-0.3, -0.25) is 9.78 Å². The van der Waals surface area contributed by atoms with E-state index in [1.165, 1.54) is 18.3 Å². The molecule has 0 saturated heterocycles. The van der Waals surface area contributed by atoms with Crippen molar-refractivity contribution in [3.8, 4) is 0 Å². The molecule has 2 N–H and O–H groups in total. The molecule has 0 saturated carbocycles. The van der Waals surface area contributed by atoms with Crippen LogP contribution in [0.1, 0.15) is 28.0 Å². The summed E-state index contributed by atoms with van der Waals surface area (Å²) in [5.41, 5.74) is 1.64. The number of pyridine rings is 1. The van der Waals surface area contributed by atoms with Crippen LogP contribution in [0.2, 0.25) is 0 Å². The van der Waals surface area contributed by atoms with E-state index in [9.17, 15) is 31.1 Å². The van der Waals surface area contributed by atoms with E-state index in [2.05, 4.69) is 19.6 Å². The van der Waals surface area contributed by atoms with E-state index in [1.807, 2.05) is 0 Å². The summed E-state index contributed by atoms with van der Waals surface area (Å²) in [7, 11) is 0. The van der Waals surface area contributed by atoms with Crippen molar-refractivity contribution >= 4 is 17.5 Å². The number of nitrogens with zero attached hydrogens (tertiary/aromatic N) is 3. The molecule has 3 rings (SSSR count). The van der Waals surface area contributed by atoms with Crippen molar-refractivity contribution in [2.24, 2.45) is 10.7 Å². The maximum atomic E-state index is 14.6. The standard InChI is InChI=1S/C20H14F6N4O2/c1-28-11-3-5-14(29-9-11)15(31)7-10-2-4-13(21)12(6-10)19(17(22)23)8-16(20(24,25)26)32-18(27)30-19/h2-6,9,16-17H,7-8H2,(H2,27,30)/t16-,19-/m0/s1. The Bertz CT molecular complexity index is 1090. The van der Waals surface area contributed by atoms with E-state index >= 15 is 0 Å². The summed E-state index contributed by atoms with van der Waals surface area (Å²) in [4.78, 5) is 22.8. The van der Waals surface area contributed by atoms with Crippen LogP contribution in [0, 0.1) is 12.4 Å². The largest absolute Gasteiger partial charge is 0.452 e. The lowest BCUT2D eigenvalue weighted by Gasteiger charge is -2.37. The Morgan fingerprint density at radius 1 is 1.31 bits per heavy atom. The number of alkyl halides is 5. The lowest BCUT2D eigenvalue weighted by molar-refractivity contribution is -0.213. The molecule has 12 heteroatoms.